The number of fused-ring (bicyclic) bond motifs is 1. The summed E-state index contributed by atoms with van der Waals surface area (Å²) in [4.78, 5) is 14.3. The van der Waals surface area contributed by atoms with Crippen LogP contribution in [-0.2, 0) is 17.8 Å². The number of primary amides is 1. The number of carbonyl (C=O) groups is 1. The number of rotatable bonds is 2. The molecular weight excluding hydrogens is 184 g/mol. The van der Waals surface area contributed by atoms with E-state index in [1.165, 1.54) is 10.4 Å². The Morgan fingerprint density at radius 2 is 2.54 bits per heavy atom. The third-order valence-electron chi connectivity index (χ3n) is 2.27. The molecular formula is C9H12N2OS. The lowest BCUT2D eigenvalue weighted by molar-refractivity contribution is -0.119. The molecule has 0 bridgehead atoms. The molecule has 0 fully saturated rings. The average Bonchev–Trinajstić information content (AvgIpc) is 2.49. The van der Waals surface area contributed by atoms with E-state index >= 15 is 0 Å². The molecule has 0 spiro atoms. The van der Waals surface area contributed by atoms with Gasteiger partial charge in [0, 0.05) is 18.0 Å². The van der Waals surface area contributed by atoms with Gasteiger partial charge in [0.25, 0.3) is 0 Å². The third-order valence-corrected chi connectivity index (χ3v) is 3.29. The second-order valence-corrected chi connectivity index (χ2v) is 4.30. The molecule has 2 rings (SSSR count). The van der Waals surface area contributed by atoms with E-state index in [0.717, 1.165) is 19.5 Å². The fraction of sp³-hybridized carbons (Fsp3) is 0.444. The Kier molecular flexibility index (Phi) is 2.33. The van der Waals surface area contributed by atoms with E-state index in [-0.39, 0.29) is 5.91 Å². The largest absolute Gasteiger partial charge is 0.369 e. The van der Waals surface area contributed by atoms with Gasteiger partial charge in [0.05, 0.1) is 6.54 Å². The standard InChI is InChI=1S/C9H12N2OS/c10-9(12)6-11-3-1-8-7(5-11)2-4-13-8/h2,4H,1,3,5-6H2,(H2,10,12). The van der Waals surface area contributed by atoms with Gasteiger partial charge >= 0.3 is 0 Å². The molecule has 0 aliphatic carbocycles. The molecule has 2 heterocycles. The molecule has 1 aliphatic rings. The van der Waals surface area contributed by atoms with Crippen LogP contribution in [-0.4, -0.2) is 23.9 Å². The van der Waals surface area contributed by atoms with Crippen molar-refractivity contribution in [2.24, 2.45) is 5.73 Å². The van der Waals surface area contributed by atoms with Crippen LogP contribution >= 0.6 is 11.3 Å². The molecule has 1 aliphatic heterocycles. The maximum Gasteiger partial charge on any atom is 0.231 e. The molecule has 4 heteroatoms. The Labute approximate surface area is 81.2 Å². The van der Waals surface area contributed by atoms with Gasteiger partial charge in [-0.2, -0.15) is 0 Å². The van der Waals surface area contributed by atoms with Gasteiger partial charge in [-0.25, -0.2) is 0 Å². The van der Waals surface area contributed by atoms with E-state index in [1.807, 2.05) is 0 Å². The predicted octanol–water partition coefficient (Wildman–Crippen LogP) is 0.591. The first-order valence-electron chi connectivity index (χ1n) is 4.31. The summed E-state index contributed by atoms with van der Waals surface area (Å²) in [5, 5.41) is 2.11. The second-order valence-electron chi connectivity index (χ2n) is 3.30. The van der Waals surface area contributed by atoms with Crippen molar-refractivity contribution in [3.63, 3.8) is 0 Å². The summed E-state index contributed by atoms with van der Waals surface area (Å²) in [6.07, 6.45) is 1.06. The Morgan fingerprint density at radius 3 is 3.31 bits per heavy atom. The molecule has 1 amide bonds. The van der Waals surface area contributed by atoms with Gasteiger partial charge in [-0.3, -0.25) is 9.69 Å². The Balaban J connectivity index is 2.04. The van der Waals surface area contributed by atoms with Crippen LogP contribution in [0.5, 0.6) is 0 Å². The summed E-state index contributed by atoms with van der Waals surface area (Å²) in [6.45, 7) is 2.22. The smallest absolute Gasteiger partial charge is 0.231 e. The van der Waals surface area contributed by atoms with Crippen molar-refractivity contribution in [1.29, 1.82) is 0 Å². The van der Waals surface area contributed by atoms with Crippen LogP contribution in [0.15, 0.2) is 11.4 Å². The number of amides is 1. The fourth-order valence-electron chi connectivity index (χ4n) is 1.66. The first-order valence-corrected chi connectivity index (χ1v) is 5.19. The van der Waals surface area contributed by atoms with E-state index in [1.54, 1.807) is 11.3 Å². The third kappa shape index (κ3) is 1.89. The van der Waals surface area contributed by atoms with E-state index in [0.29, 0.717) is 6.54 Å². The van der Waals surface area contributed by atoms with E-state index < -0.39 is 0 Å². The van der Waals surface area contributed by atoms with Crippen LogP contribution < -0.4 is 5.73 Å². The van der Waals surface area contributed by atoms with Crippen LogP contribution in [0.1, 0.15) is 10.4 Å². The molecule has 3 nitrogen and oxygen atoms in total. The second kappa shape index (κ2) is 3.47. The topological polar surface area (TPSA) is 46.3 Å². The molecule has 0 atom stereocenters. The highest BCUT2D eigenvalue weighted by molar-refractivity contribution is 7.10. The van der Waals surface area contributed by atoms with Gasteiger partial charge in [-0.15, -0.1) is 11.3 Å². The molecule has 1 aromatic rings. The van der Waals surface area contributed by atoms with Crippen molar-refractivity contribution < 1.29 is 4.79 Å². The normalized spacial score (nSPS) is 16.9. The lowest BCUT2D eigenvalue weighted by atomic mass is 10.1. The van der Waals surface area contributed by atoms with E-state index in [9.17, 15) is 4.79 Å². The number of carbonyl (C=O) groups excluding carboxylic acids is 1. The van der Waals surface area contributed by atoms with Crippen LogP contribution in [0.25, 0.3) is 0 Å². The highest BCUT2D eigenvalue weighted by atomic mass is 32.1. The fourth-order valence-corrected chi connectivity index (χ4v) is 2.55. The quantitative estimate of drug-likeness (QED) is 0.752. The van der Waals surface area contributed by atoms with Crippen molar-refractivity contribution in [3.8, 4) is 0 Å². The number of nitrogens with zero attached hydrogens (tertiary/aromatic N) is 1. The van der Waals surface area contributed by atoms with E-state index in [4.69, 9.17) is 5.73 Å². The number of nitrogens with two attached hydrogens (primary N) is 1. The van der Waals surface area contributed by atoms with Crippen molar-refractivity contribution in [1.82, 2.24) is 4.90 Å². The molecule has 70 valence electrons. The van der Waals surface area contributed by atoms with Gasteiger partial charge in [0.2, 0.25) is 5.91 Å². The minimum Gasteiger partial charge on any atom is -0.369 e. The highest BCUT2D eigenvalue weighted by Crippen LogP contribution is 2.23. The maximum absolute atomic E-state index is 10.7. The first kappa shape index (κ1) is 8.72. The monoisotopic (exact) mass is 196 g/mol. The lowest BCUT2D eigenvalue weighted by Gasteiger charge is -2.25. The number of hydrogen-bond donors (Lipinski definition) is 1. The molecule has 0 saturated carbocycles. The summed E-state index contributed by atoms with van der Waals surface area (Å²) in [5.74, 6) is -0.237. The van der Waals surface area contributed by atoms with Crippen LogP contribution in [0.3, 0.4) is 0 Å². The molecule has 0 aromatic carbocycles. The maximum atomic E-state index is 10.7. The van der Waals surface area contributed by atoms with E-state index in [2.05, 4.69) is 16.3 Å². The zero-order valence-corrected chi connectivity index (χ0v) is 8.14. The van der Waals surface area contributed by atoms with Crippen LogP contribution in [0.2, 0.25) is 0 Å². The van der Waals surface area contributed by atoms with Gasteiger partial charge in [-0.05, 0) is 23.4 Å². The molecule has 0 unspecified atom stereocenters. The highest BCUT2D eigenvalue weighted by Gasteiger charge is 2.17. The van der Waals surface area contributed by atoms with Gasteiger partial charge in [0.15, 0.2) is 0 Å². The van der Waals surface area contributed by atoms with Crippen molar-refractivity contribution >= 4 is 17.2 Å². The number of hydrogen-bond acceptors (Lipinski definition) is 3. The van der Waals surface area contributed by atoms with Crippen LogP contribution in [0.4, 0.5) is 0 Å². The molecule has 0 radical (unpaired) electrons. The first-order chi connectivity index (χ1) is 6.25. The summed E-state index contributed by atoms with van der Waals surface area (Å²) in [6, 6.07) is 2.13. The SMILES string of the molecule is NC(=O)CN1CCc2sccc2C1. The number of thiophene rings is 1. The minimum absolute atomic E-state index is 0.237. The Bertz CT molecular complexity index is 321. The summed E-state index contributed by atoms with van der Waals surface area (Å²) in [7, 11) is 0. The Morgan fingerprint density at radius 1 is 1.69 bits per heavy atom. The lowest BCUT2D eigenvalue weighted by Crippen LogP contribution is -2.36. The van der Waals surface area contributed by atoms with Gasteiger partial charge < -0.3 is 5.73 Å². The Hall–Kier alpha value is -0.870. The molecule has 2 N–H and O–H groups in total. The van der Waals surface area contributed by atoms with Gasteiger partial charge in [-0.1, -0.05) is 0 Å². The average molecular weight is 196 g/mol. The van der Waals surface area contributed by atoms with Crippen molar-refractivity contribution in [2.75, 3.05) is 13.1 Å². The molecule has 13 heavy (non-hydrogen) atoms. The van der Waals surface area contributed by atoms with Crippen LogP contribution in [0, 0.1) is 0 Å². The molecule has 1 aromatic heterocycles. The zero-order chi connectivity index (χ0) is 9.26. The predicted molar refractivity (Wildman–Crippen MR) is 52.5 cm³/mol. The minimum atomic E-state index is -0.237. The van der Waals surface area contributed by atoms with Crippen molar-refractivity contribution in [2.45, 2.75) is 13.0 Å². The molecule has 0 saturated heterocycles. The summed E-state index contributed by atoms with van der Waals surface area (Å²) < 4.78 is 0. The summed E-state index contributed by atoms with van der Waals surface area (Å²) in [5.41, 5.74) is 6.50. The van der Waals surface area contributed by atoms with Crippen molar-refractivity contribution in [3.05, 3.63) is 21.9 Å². The zero-order valence-electron chi connectivity index (χ0n) is 7.32. The van der Waals surface area contributed by atoms with Gasteiger partial charge in [0.1, 0.15) is 0 Å². The summed E-state index contributed by atoms with van der Waals surface area (Å²) >= 11 is 1.80.